The maximum Gasteiger partial charge on any atom is 0.260 e. The van der Waals surface area contributed by atoms with E-state index in [0.717, 1.165) is 16.6 Å². The van der Waals surface area contributed by atoms with Gasteiger partial charge in [0, 0.05) is 24.7 Å². The van der Waals surface area contributed by atoms with Crippen molar-refractivity contribution in [3.8, 4) is 11.8 Å². The Bertz CT molecular complexity index is 691. The van der Waals surface area contributed by atoms with E-state index < -0.39 is 0 Å². The first-order valence-corrected chi connectivity index (χ1v) is 6.72. The van der Waals surface area contributed by atoms with Gasteiger partial charge in [0.2, 0.25) is 0 Å². The molecule has 2 rings (SSSR count). The lowest BCUT2D eigenvalue weighted by Crippen LogP contribution is -2.32. The Balaban J connectivity index is 2.08. The van der Waals surface area contributed by atoms with Crippen molar-refractivity contribution in [1.82, 2.24) is 9.88 Å². The number of aryl methyl sites for hydroxylation is 1. The second-order valence-corrected chi connectivity index (χ2v) is 4.79. The molecule has 0 aliphatic heterocycles. The van der Waals surface area contributed by atoms with E-state index in [4.69, 9.17) is 10.00 Å². The van der Waals surface area contributed by atoms with Crippen LogP contribution in [0.4, 0.5) is 0 Å². The lowest BCUT2D eigenvalue weighted by molar-refractivity contribution is -0.131. The molecule has 0 spiro atoms. The fourth-order valence-corrected chi connectivity index (χ4v) is 1.93. The Kier molecular flexibility index (Phi) is 4.72. The smallest absolute Gasteiger partial charge is 0.260 e. The third kappa shape index (κ3) is 3.69. The fraction of sp³-hybridized carbons (Fsp3) is 0.312. The number of benzene rings is 1. The van der Waals surface area contributed by atoms with Gasteiger partial charge >= 0.3 is 0 Å². The van der Waals surface area contributed by atoms with E-state index in [1.807, 2.05) is 37.3 Å². The predicted molar refractivity (Wildman–Crippen MR) is 79.8 cm³/mol. The number of pyridine rings is 1. The summed E-state index contributed by atoms with van der Waals surface area (Å²) >= 11 is 0. The van der Waals surface area contributed by atoms with Crippen molar-refractivity contribution in [2.45, 2.75) is 13.3 Å². The van der Waals surface area contributed by atoms with Crippen LogP contribution in [0.5, 0.6) is 5.75 Å². The first kappa shape index (κ1) is 14.8. The zero-order valence-corrected chi connectivity index (χ0v) is 12.2. The van der Waals surface area contributed by atoms with Crippen LogP contribution in [0.1, 0.15) is 12.1 Å². The molecule has 5 heteroatoms. The van der Waals surface area contributed by atoms with Crippen molar-refractivity contribution in [1.29, 1.82) is 5.26 Å². The van der Waals surface area contributed by atoms with Crippen LogP contribution in [-0.2, 0) is 4.79 Å². The topological polar surface area (TPSA) is 66.2 Å². The van der Waals surface area contributed by atoms with Gasteiger partial charge in [-0.15, -0.1) is 0 Å². The van der Waals surface area contributed by atoms with Crippen LogP contribution in [0.2, 0.25) is 0 Å². The zero-order valence-electron chi connectivity index (χ0n) is 12.2. The number of likely N-dealkylation sites (N-methyl/N-ethyl adjacent to an activating group) is 1. The first-order valence-electron chi connectivity index (χ1n) is 6.72. The molecule has 0 aliphatic carbocycles. The van der Waals surface area contributed by atoms with Crippen molar-refractivity contribution >= 4 is 16.8 Å². The van der Waals surface area contributed by atoms with Crippen molar-refractivity contribution in [3.63, 3.8) is 0 Å². The summed E-state index contributed by atoms with van der Waals surface area (Å²) in [4.78, 5) is 17.8. The number of ether oxygens (including phenoxy) is 1. The minimum Gasteiger partial charge on any atom is -0.481 e. The van der Waals surface area contributed by atoms with Gasteiger partial charge in [-0.1, -0.05) is 18.2 Å². The lowest BCUT2D eigenvalue weighted by Gasteiger charge is -2.16. The van der Waals surface area contributed by atoms with E-state index in [9.17, 15) is 4.79 Å². The first-order chi connectivity index (χ1) is 10.1. The average Bonchev–Trinajstić information content (AvgIpc) is 2.50. The number of hydrogen-bond acceptors (Lipinski definition) is 4. The summed E-state index contributed by atoms with van der Waals surface area (Å²) in [6.07, 6.45) is 0.317. The van der Waals surface area contributed by atoms with Crippen LogP contribution >= 0.6 is 0 Å². The van der Waals surface area contributed by atoms with Crippen LogP contribution in [-0.4, -0.2) is 36.0 Å². The molecule has 0 saturated carbocycles. The molecule has 0 fully saturated rings. The van der Waals surface area contributed by atoms with E-state index >= 15 is 0 Å². The molecule has 5 nitrogen and oxygen atoms in total. The van der Waals surface area contributed by atoms with Gasteiger partial charge in [0.15, 0.2) is 6.61 Å². The number of aromatic nitrogens is 1. The quantitative estimate of drug-likeness (QED) is 0.844. The molecule has 0 saturated heterocycles. The Morgan fingerprint density at radius 1 is 1.38 bits per heavy atom. The van der Waals surface area contributed by atoms with Gasteiger partial charge in [0.05, 0.1) is 12.5 Å². The SMILES string of the molecule is Cc1ccc2cccc(OCC(=O)N(C)CCC#N)c2n1. The summed E-state index contributed by atoms with van der Waals surface area (Å²) in [7, 11) is 1.66. The van der Waals surface area contributed by atoms with Gasteiger partial charge in [0.1, 0.15) is 11.3 Å². The van der Waals surface area contributed by atoms with Crippen molar-refractivity contribution in [2.75, 3.05) is 20.2 Å². The number of nitrogens with zero attached hydrogens (tertiary/aromatic N) is 3. The number of hydrogen-bond donors (Lipinski definition) is 0. The van der Waals surface area contributed by atoms with E-state index in [0.29, 0.717) is 18.7 Å². The molecule has 0 bridgehead atoms. The molecule has 0 unspecified atom stereocenters. The van der Waals surface area contributed by atoms with Crippen LogP contribution in [0.3, 0.4) is 0 Å². The second kappa shape index (κ2) is 6.71. The number of rotatable bonds is 5. The molecule has 1 heterocycles. The highest BCUT2D eigenvalue weighted by atomic mass is 16.5. The van der Waals surface area contributed by atoms with Gasteiger partial charge in [-0.25, -0.2) is 4.98 Å². The molecule has 1 aromatic heterocycles. The number of nitriles is 1. The molecule has 1 aromatic carbocycles. The highest BCUT2D eigenvalue weighted by Crippen LogP contribution is 2.23. The highest BCUT2D eigenvalue weighted by molar-refractivity contribution is 5.85. The van der Waals surface area contributed by atoms with Crippen LogP contribution in [0, 0.1) is 18.3 Å². The van der Waals surface area contributed by atoms with E-state index in [2.05, 4.69) is 4.98 Å². The molecule has 1 amide bonds. The standard InChI is InChI=1S/C16H17N3O2/c1-12-7-8-13-5-3-6-14(16(13)18-12)21-11-15(20)19(2)10-4-9-17/h3,5-8H,4,10-11H2,1-2H3. The van der Waals surface area contributed by atoms with Crippen LogP contribution in [0.25, 0.3) is 10.9 Å². The van der Waals surface area contributed by atoms with Gasteiger partial charge in [-0.2, -0.15) is 5.26 Å². The Morgan fingerprint density at radius 2 is 2.19 bits per heavy atom. The number of carbonyl (C=O) groups is 1. The molecule has 0 radical (unpaired) electrons. The maximum absolute atomic E-state index is 11.9. The van der Waals surface area contributed by atoms with Gasteiger partial charge in [-0.05, 0) is 19.1 Å². The maximum atomic E-state index is 11.9. The van der Waals surface area contributed by atoms with Gasteiger partial charge < -0.3 is 9.64 Å². The van der Waals surface area contributed by atoms with Crippen LogP contribution < -0.4 is 4.74 Å². The summed E-state index contributed by atoms with van der Waals surface area (Å²) < 4.78 is 5.60. The van der Waals surface area contributed by atoms with Crippen molar-refractivity contribution in [2.24, 2.45) is 0 Å². The minimum atomic E-state index is -0.157. The van der Waals surface area contributed by atoms with E-state index in [-0.39, 0.29) is 12.5 Å². The third-order valence-corrected chi connectivity index (χ3v) is 3.16. The summed E-state index contributed by atoms with van der Waals surface area (Å²) in [5.41, 5.74) is 1.65. The molecule has 2 aromatic rings. The monoisotopic (exact) mass is 283 g/mol. The lowest BCUT2D eigenvalue weighted by atomic mass is 10.2. The molecule has 0 aliphatic rings. The van der Waals surface area contributed by atoms with E-state index in [1.54, 1.807) is 13.1 Å². The van der Waals surface area contributed by atoms with Crippen LogP contribution in [0.15, 0.2) is 30.3 Å². The number of para-hydroxylation sites is 1. The average molecular weight is 283 g/mol. The fourth-order valence-electron chi connectivity index (χ4n) is 1.93. The number of fused-ring (bicyclic) bond motifs is 1. The summed E-state index contributed by atoms with van der Waals surface area (Å²) in [5, 5.41) is 9.50. The zero-order chi connectivity index (χ0) is 15.2. The Labute approximate surface area is 123 Å². The number of carbonyl (C=O) groups excluding carboxylic acids is 1. The Hall–Kier alpha value is -2.61. The summed E-state index contributed by atoms with van der Waals surface area (Å²) in [5.74, 6) is 0.438. The van der Waals surface area contributed by atoms with Crippen molar-refractivity contribution < 1.29 is 9.53 Å². The minimum absolute atomic E-state index is 0.0589. The number of amides is 1. The molecule has 21 heavy (non-hydrogen) atoms. The van der Waals surface area contributed by atoms with Gasteiger partial charge in [0.25, 0.3) is 5.91 Å². The molecular formula is C16H17N3O2. The van der Waals surface area contributed by atoms with Gasteiger partial charge in [-0.3, -0.25) is 4.79 Å². The molecule has 108 valence electrons. The molecule has 0 N–H and O–H groups in total. The molecular weight excluding hydrogens is 266 g/mol. The highest BCUT2D eigenvalue weighted by Gasteiger charge is 2.11. The summed E-state index contributed by atoms with van der Waals surface area (Å²) in [6.45, 7) is 2.26. The Morgan fingerprint density at radius 3 is 2.95 bits per heavy atom. The van der Waals surface area contributed by atoms with Crippen molar-refractivity contribution in [3.05, 3.63) is 36.0 Å². The predicted octanol–water partition coefficient (Wildman–Crippen LogP) is 2.29. The second-order valence-electron chi connectivity index (χ2n) is 4.79. The largest absolute Gasteiger partial charge is 0.481 e. The summed E-state index contributed by atoms with van der Waals surface area (Å²) in [6, 6.07) is 11.6. The normalized spacial score (nSPS) is 10.1. The molecule has 0 atom stereocenters. The third-order valence-electron chi connectivity index (χ3n) is 3.16. The van der Waals surface area contributed by atoms with E-state index in [1.165, 1.54) is 4.90 Å².